The lowest BCUT2D eigenvalue weighted by molar-refractivity contribution is 0.0804. The number of benzene rings is 1. The summed E-state index contributed by atoms with van der Waals surface area (Å²) in [5, 5.41) is 5.90. The minimum Gasteiger partial charge on any atom is -0.445 e. The molecule has 2 atom stereocenters. The number of urea groups is 1. The van der Waals surface area contributed by atoms with Crippen molar-refractivity contribution in [3.05, 3.63) is 36.2 Å². The first-order valence-electron chi connectivity index (χ1n) is 8.37. The lowest BCUT2D eigenvalue weighted by atomic mass is 10.1. The molecule has 0 saturated carbocycles. The van der Waals surface area contributed by atoms with E-state index in [1.165, 1.54) is 6.26 Å². The quantitative estimate of drug-likeness (QED) is 0.876. The Labute approximate surface area is 141 Å². The zero-order valence-corrected chi connectivity index (χ0v) is 14.0. The molecule has 1 aliphatic rings. The molecule has 0 aliphatic carbocycles. The zero-order chi connectivity index (χ0) is 16.9. The van der Waals surface area contributed by atoms with E-state index in [2.05, 4.69) is 22.5 Å². The third kappa shape index (κ3) is 3.76. The summed E-state index contributed by atoms with van der Waals surface area (Å²) in [5.41, 5.74) is 2.60. The number of amides is 2. The van der Waals surface area contributed by atoms with Crippen LogP contribution in [0.25, 0.3) is 11.5 Å². The van der Waals surface area contributed by atoms with E-state index in [1.54, 1.807) is 6.20 Å². The summed E-state index contributed by atoms with van der Waals surface area (Å²) in [6.07, 6.45) is 6.15. The van der Waals surface area contributed by atoms with Crippen molar-refractivity contribution in [2.75, 3.05) is 11.9 Å². The van der Waals surface area contributed by atoms with Crippen LogP contribution in [-0.4, -0.2) is 29.8 Å². The topological polar surface area (TPSA) is 76.4 Å². The Balaban J connectivity index is 1.67. The van der Waals surface area contributed by atoms with E-state index < -0.39 is 0 Å². The highest BCUT2D eigenvalue weighted by Gasteiger charge is 2.25. The van der Waals surface area contributed by atoms with Crippen LogP contribution in [0.2, 0.25) is 0 Å². The summed E-state index contributed by atoms with van der Waals surface area (Å²) in [4.78, 5) is 16.5. The fourth-order valence-electron chi connectivity index (χ4n) is 3.00. The number of nitrogens with one attached hydrogen (secondary N) is 2. The number of nitrogens with zero attached hydrogens (tertiary/aromatic N) is 1. The Hall–Kier alpha value is -2.34. The van der Waals surface area contributed by atoms with Crippen molar-refractivity contribution >= 4 is 11.7 Å². The van der Waals surface area contributed by atoms with Gasteiger partial charge in [-0.05, 0) is 43.9 Å². The summed E-state index contributed by atoms with van der Waals surface area (Å²) in [6, 6.07) is 5.48. The normalized spacial score (nSPS) is 18.3. The van der Waals surface area contributed by atoms with Crippen LogP contribution < -0.4 is 10.6 Å². The van der Waals surface area contributed by atoms with Gasteiger partial charge in [0.25, 0.3) is 0 Å². The lowest BCUT2D eigenvalue weighted by Crippen LogP contribution is -2.44. The second kappa shape index (κ2) is 7.49. The summed E-state index contributed by atoms with van der Waals surface area (Å²) < 4.78 is 11.0. The van der Waals surface area contributed by atoms with Gasteiger partial charge in [0.1, 0.15) is 6.26 Å². The number of oxazole rings is 1. The Bertz CT molecular complexity index is 679. The number of hydrogen-bond donors (Lipinski definition) is 2. The fourth-order valence-corrected chi connectivity index (χ4v) is 3.00. The van der Waals surface area contributed by atoms with Gasteiger partial charge in [0.15, 0.2) is 0 Å². The molecule has 128 valence electrons. The number of ether oxygens (including phenoxy) is 1. The molecule has 2 amide bonds. The van der Waals surface area contributed by atoms with Crippen molar-refractivity contribution in [2.45, 2.75) is 45.3 Å². The molecule has 1 aromatic carbocycles. The van der Waals surface area contributed by atoms with Gasteiger partial charge in [0.05, 0.1) is 18.3 Å². The van der Waals surface area contributed by atoms with Crippen molar-refractivity contribution in [3.8, 4) is 11.5 Å². The molecule has 6 nitrogen and oxygen atoms in total. The molecule has 0 radical (unpaired) electrons. The van der Waals surface area contributed by atoms with Gasteiger partial charge in [-0.3, -0.25) is 0 Å². The van der Waals surface area contributed by atoms with Gasteiger partial charge < -0.3 is 19.8 Å². The molecule has 2 unspecified atom stereocenters. The van der Waals surface area contributed by atoms with Crippen molar-refractivity contribution in [3.63, 3.8) is 0 Å². The molecule has 24 heavy (non-hydrogen) atoms. The standard InChI is InChI=1S/C18H23N3O3/c1-3-15(16-5-4-9-23-16)21-18(22)20-13-7-6-12(2)14(11-13)17-19-8-10-24-17/h6-8,10-11,15-16H,3-5,9H2,1-2H3,(H2,20,21,22). The first-order chi connectivity index (χ1) is 11.7. The molecule has 2 heterocycles. The molecule has 2 N–H and O–H groups in total. The Kier molecular flexibility index (Phi) is 5.15. The molecule has 6 heteroatoms. The Morgan fingerprint density at radius 1 is 1.46 bits per heavy atom. The zero-order valence-electron chi connectivity index (χ0n) is 14.0. The van der Waals surface area contributed by atoms with E-state index in [-0.39, 0.29) is 18.2 Å². The summed E-state index contributed by atoms with van der Waals surface area (Å²) in [6.45, 7) is 4.81. The van der Waals surface area contributed by atoms with Gasteiger partial charge in [-0.2, -0.15) is 0 Å². The van der Waals surface area contributed by atoms with E-state index in [9.17, 15) is 4.79 Å². The first kappa shape index (κ1) is 16.5. The Morgan fingerprint density at radius 3 is 3.00 bits per heavy atom. The fraction of sp³-hybridized carbons (Fsp3) is 0.444. The molecule has 0 spiro atoms. The van der Waals surface area contributed by atoms with Gasteiger partial charge in [0.2, 0.25) is 5.89 Å². The number of aromatic nitrogens is 1. The second-order valence-electron chi connectivity index (χ2n) is 6.03. The first-order valence-corrected chi connectivity index (χ1v) is 8.37. The maximum Gasteiger partial charge on any atom is 0.319 e. The van der Waals surface area contributed by atoms with Crippen LogP contribution in [0.5, 0.6) is 0 Å². The summed E-state index contributed by atoms with van der Waals surface area (Å²) in [7, 11) is 0. The number of anilines is 1. The molecule has 1 aromatic heterocycles. The van der Waals surface area contributed by atoms with Crippen LogP contribution >= 0.6 is 0 Å². The van der Waals surface area contributed by atoms with E-state index >= 15 is 0 Å². The van der Waals surface area contributed by atoms with E-state index in [0.29, 0.717) is 11.6 Å². The molecule has 3 rings (SSSR count). The van der Waals surface area contributed by atoms with Crippen LogP contribution in [-0.2, 0) is 4.74 Å². The smallest absolute Gasteiger partial charge is 0.319 e. The third-order valence-corrected chi connectivity index (χ3v) is 4.33. The predicted molar refractivity (Wildman–Crippen MR) is 91.9 cm³/mol. The maximum absolute atomic E-state index is 12.3. The van der Waals surface area contributed by atoms with Crippen molar-refractivity contribution in [2.24, 2.45) is 0 Å². The van der Waals surface area contributed by atoms with Crippen LogP contribution in [0, 0.1) is 6.92 Å². The highest BCUT2D eigenvalue weighted by atomic mass is 16.5. The SMILES string of the molecule is CCC(NC(=O)Nc1ccc(C)c(-c2ncco2)c1)C1CCCO1. The average molecular weight is 329 g/mol. The van der Waals surface area contributed by atoms with Gasteiger partial charge >= 0.3 is 6.03 Å². The summed E-state index contributed by atoms with van der Waals surface area (Å²) >= 11 is 0. The Morgan fingerprint density at radius 2 is 2.33 bits per heavy atom. The van der Waals surface area contributed by atoms with Crippen LogP contribution in [0.1, 0.15) is 31.7 Å². The van der Waals surface area contributed by atoms with E-state index in [1.807, 2.05) is 25.1 Å². The van der Waals surface area contributed by atoms with Gasteiger partial charge in [-0.1, -0.05) is 13.0 Å². The van der Waals surface area contributed by atoms with Gasteiger partial charge in [0, 0.05) is 17.9 Å². The molecule has 2 aromatic rings. The molecular formula is C18H23N3O3. The number of aryl methyl sites for hydroxylation is 1. The number of hydrogen-bond acceptors (Lipinski definition) is 4. The maximum atomic E-state index is 12.3. The second-order valence-corrected chi connectivity index (χ2v) is 6.03. The molecular weight excluding hydrogens is 306 g/mol. The van der Waals surface area contributed by atoms with Crippen molar-refractivity contribution in [1.82, 2.24) is 10.3 Å². The number of carbonyl (C=O) groups excluding carboxylic acids is 1. The molecule has 1 saturated heterocycles. The predicted octanol–water partition coefficient (Wildman–Crippen LogP) is 3.73. The summed E-state index contributed by atoms with van der Waals surface area (Å²) in [5.74, 6) is 0.544. The highest BCUT2D eigenvalue weighted by molar-refractivity contribution is 5.90. The van der Waals surface area contributed by atoms with E-state index in [4.69, 9.17) is 9.15 Å². The highest BCUT2D eigenvalue weighted by Crippen LogP contribution is 2.25. The molecule has 1 fully saturated rings. The lowest BCUT2D eigenvalue weighted by Gasteiger charge is -2.23. The monoisotopic (exact) mass is 329 g/mol. The minimum atomic E-state index is -0.223. The molecule has 1 aliphatic heterocycles. The van der Waals surface area contributed by atoms with Gasteiger partial charge in [-0.25, -0.2) is 9.78 Å². The minimum absolute atomic E-state index is 0.0316. The van der Waals surface area contributed by atoms with Crippen LogP contribution in [0.4, 0.5) is 10.5 Å². The van der Waals surface area contributed by atoms with Crippen molar-refractivity contribution < 1.29 is 13.9 Å². The third-order valence-electron chi connectivity index (χ3n) is 4.33. The largest absolute Gasteiger partial charge is 0.445 e. The van der Waals surface area contributed by atoms with Crippen LogP contribution in [0.3, 0.4) is 0 Å². The van der Waals surface area contributed by atoms with Crippen molar-refractivity contribution in [1.29, 1.82) is 0 Å². The number of rotatable bonds is 5. The van der Waals surface area contributed by atoms with Gasteiger partial charge in [-0.15, -0.1) is 0 Å². The average Bonchev–Trinajstić information content (AvgIpc) is 3.28. The molecule has 0 bridgehead atoms. The van der Waals surface area contributed by atoms with E-state index in [0.717, 1.165) is 37.0 Å². The number of carbonyl (C=O) groups is 1. The van der Waals surface area contributed by atoms with Crippen LogP contribution in [0.15, 0.2) is 35.1 Å².